The smallest absolute Gasteiger partial charge is 0.869 e. The summed E-state index contributed by atoms with van der Waals surface area (Å²) in [5.74, 6) is -9.04. The van der Waals surface area contributed by atoms with Crippen molar-refractivity contribution in [3.05, 3.63) is 35.5 Å². The number of halogens is 9. The number of ketones is 3. The summed E-state index contributed by atoms with van der Waals surface area (Å²) >= 11 is 0. The minimum absolute atomic E-state index is 0. The van der Waals surface area contributed by atoms with Crippen molar-refractivity contribution in [3.63, 3.8) is 0 Å². The first-order chi connectivity index (χ1) is 13.0. The van der Waals surface area contributed by atoms with Crippen LogP contribution in [-0.4, -0.2) is 35.9 Å². The first-order valence-corrected chi connectivity index (χ1v) is 6.91. The van der Waals surface area contributed by atoms with Crippen molar-refractivity contribution in [2.24, 2.45) is 0 Å². The van der Waals surface area contributed by atoms with E-state index in [1.807, 2.05) is 0 Å². The van der Waals surface area contributed by atoms with Gasteiger partial charge >= 0.3 is 38.0 Å². The molecule has 31 heavy (non-hydrogen) atoms. The van der Waals surface area contributed by atoms with Gasteiger partial charge in [0.05, 0.1) is 0 Å². The molecule has 179 valence electrons. The Hall–Kier alpha value is -2.38. The van der Waals surface area contributed by atoms with Crippen molar-refractivity contribution in [3.8, 4) is 0 Å². The zero-order valence-electron chi connectivity index (χ0n) is 15.4. The molecule has 0 amide bonds. The Kier molecular flexibility index (Phi) is 17.0. The Morgan fingerprint density at radius 3 is 0.677 bits per heavy atom. The molecular formula is C15H12F9O6Ru. The molecule has 0 rings (SSSR count). The number of alkyl halides is 9. The van der Waals surface area contributed by atoms with Crippen molar-refractivity contribution >= 4 is 17.3 Å². The molecule has 0 aromatic rings. The summed E-state index contributed by atoms with van der Waals surface area (Å²) in [5, 5.41) is 29.6. The summed E-state index contributed by atoms with van der Waals surface area (Å²) in [5.41, 5.74) is 0. The first kappa shape index (κ1) is 36.0. The monoisotopic (exact) mass is 561 g/mol. The third kappa shape index (κ3) is 23.8. The van der Waals surface area contributed by atoms with E-state index in [1.165, 1.54) is 0 Å². The second kappa shape index (κ2) is 14.6. The molecule has 0 saturated carbocycles. The molecule has 0 fully saturated rings. The van der Waals surface area contributed by atoms with Crippen molar-refractivity contribution < 1.29 is 88.7 Å². The van der Waals surface area contributed by atoms with E-state index in [4.69, 9.17) is 0 Å². The van der Waals surface area contributed by atoms with E-state index in [1.54, 1.807) is 0 Å². The molecule has 0 saturated heterocycles. The third-order valence-corrected chi connectivity index (χ3v) is 1.84. The van der Waals surface area contributed by atoms with Gasteiger partial charge in [-0.15, -0.1) is 0 Å². The Labute approximate surface area is 181 Å². The number of carbonyl (C=O) groups excluding carboxylic acids is 3. The van der Waals surface area contributed by atoms with Gasteiger partial charge in [0.2, 0.25) is 0 Å². The van der Waals surface area contributed by atoms with Gasteiger partial charge in [0.25, 0.3) is 0 Å². The molecule has 0 aromatic carbocycles. The van der Waals surface area contributed by atoms with Gasteiger partial charge in [-0.25, -0.2) is 0 Å². The van der Waals surface area contributed by atoms with Gasteiger partial charge in [-0.05, 0) is 56.3 Å². The molecule has 0 heterocycles. The molecule has 16 heteroatoms. The van der Waals surface area contributed by atoms with Crippen LogP contribution in [0.3, 0.4) is 0 Å². The molecule has 0 aliphatic heterocycles. The van der Waals surface area contributed by atoms with Gasteiger partial charge in [0.1, 0.15) is 0 Å². The van der Waals surface area contributed by atoms with E-state index in [0.717, 1.165) is 20.8 Å². The number of hydrogen-bond donors (Lipinski definition) is 0. The molecule has 1 radical (unpaired) electrons. The average molecular weight is 560 g/mol. The second-order valence-electron chi connectivity index (χ2n) is 4.85. The fraction of sp³-hybridized carbons (Fsp3) is 0.400. The number of carbonyl (C=O) groups is 3. The van der Waals surface area contributed by atoms with Crippen LogP contribution < -0.4 is 15.3 Å². The molecule has 6 nitrogen and oxygen atoms in total. The molecule has 0 N–H and O–H groups in total. The predicted molar refractivity (Wildman–Crippen MR) is 74.5 cm³/mol. The van der Waals surface area contributed by atoms with E-state index >= 15 is 0 Å². The average Bonchev–Trinajstić information content (AvgIpc) is 2.43. The molecular weight excluding hydrogens is 548 g/mol. The topological polar surface area (TPSA) is 120 Å². The van der Waals surface area contributed by atoms with Crippen LogP contribution in [0, 0.1) is 0 Å². The molecule has 0 aromatic heterocycles. The predicted octanol–water partition coefficient (Wildman–Crippen LogP) is 1.14. The van der Waals surface area contributed by atoms with Gasteiger partial charge in [0, 0.05) is 0 Å². The fourth-order valence-electron chi connectivity index (χ4n) is 0.799. The van der Waals surface area contributed by atoms with Crippen LogP contribution in [0.1, 0.15) is 20.8 Å². The molecule has 0 aliphatic carbocycles. The van der Waals surface area contributed by atoms with E-state index in [2.05, 4.69) is 0 Å². The summed E-state index contributed by atoms with van der Waals surface area (Å²) in [7, 11) is 0. The molecule has 0 unspecified atom stereocenters. The van der Waals surface area contributed by atoms with Gasteiger partial charge < -0.3 is 15.3 Å². The minimum atomic E-state index is -4.92. The summed E-state index contributed by atoms with van der Waals surface area (Å²) in [6, 6.07) is 0. The van der Waals surface area contributed by atoms with Crippen LogP contribution in [0.5, 0.6) is 0 Å². The van der Waals surface area contributed by atoms with Gasteiger partial charge in [-0.3, -0.25) is 14.4 Å². The molecule has 0 spiro atoms. The zero-order valence-corrected chi connectivity index (χ0v) is 17.2. The summed E-state index contributed by atoms with van der Waals surface area (Å²) in [4.78, 5) is 29.8. The maximum absolute atomic E-state index is 11.3. The van der Waals surface area contributed by atoms with Crippen LogP contribution in [0.2, 0.25) is 0 Å². The molecule has 0 atom stereocenters. The second-order valence-corrected chi connectivity index (χ2v) is 4.85. The third-order valence-electron chi connectivity index (χ3n) is 1.84. The van der Waals surface area contributed by atoms with Crippen LogP contribution >= 0.6 is 0 Å². The fourth-order valence-corrected chi connectivity index (χ4v) is 0.799. The standard InChI is InChI=1S/3C5H5F3O2.Ru/c3*1-3(9)2-4(10)5(6,7)8;/h3*2,10H,1H3;/q;;;+3/p-3/b3*4-2-;. The van der Waals surface area contributed by atoms with Crippen LogP contribution in [-0.2, 0) is 33.9 Å². The molecule has 0 bridgehead atoms. The first-order valence-electron chi connectivity index (χ1n) is 6.91. The van der Waals surface area contributed by atoms with Gasteiger partial charge in [-0.1, -0.05) is 0 Å². The van der Waals surface area contributed by atoms with Crippen LogP contribution in [0.25, 0.3) is 0 Å². The molecule has 0 aliphatic rings. The van der Waals surface area contributed by atoms with Gasteiger partial charge in [0.15, 0.2) is 17.3 Å². The maximum atomic E-state index is 11.3. The summed E-state index contributed by atoms with van der Waals surface area (Å²) in [6.45, 7) is 2.64. The summed E-state index contributed by atoms with van der Waals surface area (Å²) in [6.07, 6.45) is -14.7. The summed E-state index contributed by atoms with van der Waals surface area (Å²) < 4.78 is 101. The Morgan fingerprint density at radius 1 is 0.516 bits per heavy atom. The number of rotatable bonds is 3. The van der Waals surface area contributed by atoms with E-state index in [-0.39, 0.29) is 37.7 Å². The minimum Gasteiger partial charge on any atom is -0.869 e. The van der Waals surface area contributed by atoms with Crippen molar-refractivity contribution in [2.75, 3.05) is 0 Å². The van der Waals surface area contributed by atoms with E-state index in [9.17, 15) is 69.2 Å². The largest absolute Gasteiger partial charge is 3.00 e. The Balaban J connectivity index is -0.000000174. The quantitative estimate of drug-likeness (QED) is 0.221. The van der Waals surface area contributed by atoms with E-state index in [0.29, 0.717) is 0 Å². The maximum Gasteiger partial charge on any atom is 3.00 e. The van der Waals surface area contributed by atoms with Crippen molar-refractivity contribution in [2.45, 2.75) is 39.3 Å². The van der Waals surface area contributed by atoms with E-state index < -0.39 is 53.2 Å². The van der Waals surface area contributed by atoms with Crippen LogP contribution in [0.15, 0.2) is 35.5 Å². The number of hydrogen-bond acceptors (Lipinski definition) is 6. The SMILES string of the molecule is CC(=O)/C=C(\[O-])C(F)(F)F.CC(=O)/C=C(\[O-])C(F)(F)F.CC(=O)/C=C(\[O-])C(F)(F)F.[Ru+3]. The van der Waals surface area contributed by atoms with Crippen molar-refractivity contribution in [1.29, 1.82) is 0 Å². The zero-order chi connectivity index (χ0) is 25.1. The normalized spacial score (nSPS) is 13.0. The Bertz CT molecular complexity index is 606. The number of allylic oxidation sites excluding steroid dienone is 6. The van der Waals surface area contributed by atoms with Crippen molar-refractivity contribution in [1.82, 2.24) is 0 Å². The van der Waals surface area contributed by atoms with Gasteiger partial charge in [-0.2, -0.15) is 39.5 Å². The Morgan fingerprint density at radius 2 is 0.645 bits per heavy atom. The van der Waals surface area contributed by atoms with Crippen LogP contribution in [0.4, 0.5) is 39.5 Å².